The Bertz CT molecular complexity index is 701. The van der Waals surface area contributed by atoms with Gasteiger partial charge in [-0.1, -0.05) is 25.5 Å². The van der Waals surface area contributed by atoms with Gasteiger partial charge < -0.3 is 10.1 Å². The van der Waals surface area contributed by atoms with Crippen LogP contribution in [0.4, 0.5) is 5.69 Å². The van der Waals surface area contributed by atoms with Gasteiger partial charge in [0, 0.05) is 24.3 Å². The van der Waals surface area contributed by atoms with Gasteiger partial charge in [-0.25, -0.2) is 4.79 Å². The van der Waals surface area contributed by atoms with Crippen LogP contribution in [0.25, 0.3) is 0 Å². The number of hydrogen-bond acceptors (Lipinski definition) is 5. The van der Waals surface area contributed by atoms with Gasteiger partial charge in [-0.15, -0.1) is 0 Å². The number of allylic oxidation sites excluding steroid dienone is 2. The summed E-state index contributed by atoms with van der Waals surface area (Å²) in [5.74, 6) is -1.37. The van der Waals surface area contributed by atoms with Crippen LogP contribution in [0.5, 0.6) is 0 Å². The summed E-state index contributed by atoms with van der Waals surface area (Å²) in [5.41, 5.74) is 1.30. The number of hydrogen-bond donors (Lipinski definition) is 1. The molecular formula is C20H23NO5. The number of nitrogens with one attached hydrogen (secondary N) is 1. The van der Waals surface area contributed by atoms with Crippen LogP contribution in [0.3, 0.4) is 0 Å². The summed E-state index contributed by atoms with van der Waals surface area (Å²) in [6.45, 7) is 3.70. The Labute approximate surface area is 152 Å². The van der Waals surface area contributed by atoms with Gasteiger partial charge in [0.25, 0.3) is 0 Å². The van der Waals surface area contributed by atoms with E-state index in [9.17, 15) is 19.2 Å². The van der Waals surface area contributed by atoms with Gasteiger partial charge in [0.1, 0.15) is 0 Å². The number of amides is 1. The molecule has 0 saturated heterocycles. The van der Waals surface area contributed by atoms with Crippen LogP contribution in [0, 0.1) is 0 Å². The van der Waals surface area contributed by atoms with Crippen molar-refractivity contribution in [1.82, 2.24) is 0 Å². The molecule has 6 nitrogen and oxygen atoms in total. The zero-order valence-electron chi connectivity index (χ0n) is 15.0. The first kappa shape index (κ1) is 21.0. The number of anilines is 1. The Morgan fingerprint density at radius 2 is 1.69 bits per heavy atom. The Kier molecular flexibility index (Phi) is 9.31. The molecule has 26 heavy (non-hydrogen) atoms. The van der Waals surface area contributed by atoms with E-state index in [2.05, 4.69) is 5.32 Å². The molecule has 0 aliphatic heterocycles. The van der Waals surface area contributed by atoms with Crippen molar-refractivity contribution in [3.63, 3.8) is 0 Å². The lowest BCUT2D eigenvalue weighted by atomic mass is 10.1. The SMILES string of the molecule is CCCCOC(=O)/C=C\C(=O)Cc1ccc(NC(=O)/C=C\C(C)=O)cc1. The summed E-state index contributed by atoms with van der Waals surface area (Å²) < 4.78 is 4.93. The molecule has 0 spiro atoms. The van der Waals surface area contributed by atoms with E-state index in [1.807, 2.05) is 6.92 Å². The van der Waals surface area contributed by atoms with Crippen molar-refractivity contribution in [2.75, 3.05) is 11.9 Å². The minimum absolute atomic E-state index is 0.136. The Balaban J connectivity index is 2.48. The normalized spacial score (nSPS) is 10.8. The summed E-state index contributed by atoms with van der Waals surface area (Å²) in [5, 5.41) is 2.60. The molecule has 0 fully saturated rings. The van der Waals surface area contributed by atoms with E-state index in [-0.39, 0.29) is 18.0 Å². The van der Waals surface area contributed by atoms with Crippen LogP contribution in [0.15, 0.2) is 48.6 Å². The van der Waals surface area contributed by atoms with Crippen molar-refractivity contribution in [3.05, 3.63) is 54.1 Å². The van der Waals surface area contributed by atoms with E-state index in [0.717, 1.165) is 30.6 Å². The fourth-order valence-electron chi connectivity index (χ4n) is 1.87. The van der Waals surface area contributed by atoms with Gasteiger partial charge >= 0.3 is 5.97 Å². The molecule has 6 heteroatoms. The quantitative estimate of drug-likeness (QED) is 0.395. The van der Waals surface area contributed by atoms with Crippen LogP contribution < -0.4 is 5.32 Å². The average Bonchev–Trinajstić information content (AvgIpc) is 2.60. The van der Waals surface area contributed by atoms with E-state index >= 15 is 0 Å². The summed E-state index contributed by atoms with van der Waals surface area (Å²) in [6.07, 6.45) is 6.54. The molecule has 0 heterocycles. The smallest absolute Gasteiger partial charge is 0.330 e. The first-order chi connectivity index (χ1) is 12.4. The van der Waals surface area contributed by atoms with Crippen LogP contribution >= 0.6 is 0 Å². The third-order valence-electron chi connectivity index (χ3n) is 3.22. The van der Waals surface area contributed by atoms with Crippen molar-refractivity contribution in [3.8, 4) is 0 Å². The predicted octanol–water partition coefficient (Wildman–Crippen LogP) is 2.78. The Morgan fingerprint density at radius 3 is 2.31 bits per heavy atom. The highest BCUT2D eigenvalue weighted by atomic mass is 16.5. The minimum Gasteiger partial charge on any atom is -0.463 e. The molecule has 1 aromatic rings. The number of carbonyl (C=O) groups is 4. The first-order valence-corrected chi connectivity index (χ1v) is 8.37. The molecule has 1 N–H and O–H groups in total. The lowest BCUT2D eigenvalue weighted by Gasteiger charge is -2.04. The number of rotatable bonds is 10. The third-order valence-corrected chi connectivity index (χ3v) is 3.22. The zero-order chi connectivity index (χ0) is 19.4. The Hall–Kier alpha value is -3.02. The number of benzene rings is 1. The molecule has 0 aliphatic rings. The third kappa shape index (κ3) is 9.32. The standard InChI is InChI=1S/C20H23NO5/c1-3-4-13-26-20(25)12-10-18(23)14-16-6-8-17(9-7-16)21-19(24)11-5-15(2)22/h5-12H,3-4,13-14H2,1-2H3,(H,21,24)/b11-5-,12-10-. The van der Waals surface area contributed by atoms with Gasteiger partial charge in [0.15, 0.2) is 11.6 Å². The van der Waals surface area contributed by atoms with Gasteiger partial charge in [-0.05, 0) is 43.2 Å². The maximum Gasteiger partial charge on any atom is 0.330 e. The lowest BCUT2D eigenvalue weighted by molar-refractivity contribution is -0.138. The molecular weight excluding hydrogens is 334 g/mol. The second-order valence-corrected chi connectivity index (χ2v) is 5.63. The summed E-state index contributed by atoms with van der Waals surface area (Å²) >= 11 is 0. The predicted molar refractivity (Wildman–Crippen MR) is 98.6 cm³/mol. The molecule has 0 aliphatic carbocycles. The molecule has 0 saturated carbocycles. The highest BCUT2D eigenvalue weighted by Crippen LogP contribution is 2.10. The highest BCUT2D eigenvalue weighted by molar-refractivity contribution is 6.03. The number of ketones is 2. The average molecular weight is 357 g/mol. The highest BCUT2D eigenvalue weighted by Gasteiger charge is 2.04. The maximum atomic E-state index is 11.9. The Morgan fingerprint density at radius 1 is 1.00 bits per heavy atom. The fraction of sp³-hybridized carbons (Fsp3) is 0.300. The van der Waals surface area contributed by atoms with E-state index in [1.165, 1.54) is 19.1 Å². The van der Waals surface area contributed by atoms with E-state index in [1.54, 1.807) is 24.3 Å². The molecule has 1 rings (SSSR count). The first-order valence-electron chi connectivity index (χ1n) is 8.37. The molecule has 0 radical (unpaired) electrons. The zero-order valence-corrected chi connectivity index (χ0v) is 15.0. The van der Waals surface area contributed by atoms with E-state index in [4.69, 9.17) is 4.74 Å². The number of esters is 1. The van der Waals surface area contributed by atoms with Crippen LogP contribution in [0.2, 0.25) is 0 Å². The molecule has 0 aromatic heterocycles. The molecule has 0 atom stereocenters. The van der Waals surface area contributed by atoms with Crippen LogP contribution in [0.1, 0.15) is 32.3 Å². The summed E-state index contributed by atoms with van der Waals surface area (Å²) in [4.78, 5) is 45.6. The second-order valence-electron chi connectivity index (χ2n) is 5.63. The van der Waals surface area contributed by atoms with Gasteiger partial charge in [-0.2, -0.15) is 0 Å². The topological polar surface area (TPSA) is 89.5 Å². The van der Waals surface area contributed by atoms with Gasteiger partial charge in [0.2, 0.25) is 5.91 Å². The second kappa shape index (κ2) is 11.5. The van der Waals surface area contributed by atoms with E-state index in [0.29, 0.717) is 12.3 Å². The monoisotopic (exact) mass is 357 g/mol. The molecule has 1 amide bonds. The number of ether oxygens (including phenoxy) is 1. The van der Waals surface area contributed by atoms with E-state index < -0.39 is 11.9 Å². The molecule has 0 unspecified atom stereocenters. The van der Waals surface area contributed by atoms with Gasteiger partial charge in [0.05, 0.1) is 6.61 Å². The largest absolute Gasteiger partial charge is 0.463 e. The minimum atomic E-state index is -0.525. The van der Waals surface area contributed by atoms with Crippen molar-refractivity contribution in [2.24, 2.45) is 0 Å². The van der Waals surface area contributed by atoms with Crippen LogP contribution in [-0.2, 0) is 30.3 Å². The van der Waals surface area contributed by atoms with Crippen molar-refractivity contribution in [1.29, 1.82) is 0 Å². The number of unbranched alkanes of at least 4 members (excludes halogenated alkanes) is 1. The van der Waals surface area contributed by atoms with Gasteiger partial charge in [-0.3, -0.25) is 14.4 Å². The fourth-order valence-corrected chi connectivity index (χ4v) is 1.87. The lowest BCUT2D eigenvalue weighted by Crippen LogP contribution is -2.08. The number of carbonyl (C=O) groups excluding carboxylic acids is 4. The van der Waals surface area contributed by atoms with Crippen LogP contribution in [-0.4, -0.2) is 30.0 Å². The maximum absolute atomic E-state index is 11.9. The summed E-state index contributed by atoms with van der Waals surface area (Å²) in [7, 11) is 0. The van der Waals surface area contributed by atoms with Crippen molar-refractivity contribution < 1.29 is 23.9 Å². The molecule has 138 valence electrons. The molecule has 1 aromatic carbocycles. The van der Waals surface area contributed by atoms with Crippen molar-refractivity contribution in [2.45, 2.75) is 33.1 Å². The summed E-state index contributed by atoms with van der Waals surface area (Å²) in [6, 6.07) is 6.72. The molecule has 0 bridgehead atoms. The van der Waals surface area contributed by atoms with Crippen molar-refractivity contribution >= 4 is 29.1 Å².